The molecule has 1 atom stereocenters. The quantitative estimate of drug-likeness (QED) is 0.918. The van der Waals surface area contributed by atoms with Crippen molar-refractivity contribution in [2.75, 3.05) is 11.6 Å². The topological polar surface area (TPSA) is 62.3 Å². The summed E-state index contributed by atoms with van der Waals surface area (Å²) in [6, 6.07) is -0.414. The molecule has 1 aliphatic rings. The van der Waals surface area contributed by atoms with E-state index in [0.29, 0.717) is 22.6 Å². The standard InChI is InChI=1S/C15H23N3O2S2/c1-9(2)10-6-22-13(16-10)14(20)18-8-21-7-11(18)12(19)17-15(3,4)5/h6,9,11H,7-8H2,1-5H3,(H,17,19)/t11-/m0/s1. The van der Waals surface area contributed by atoms with E-state index in [4.69, 9.17) is 0 Å². The summed E-state index contributed by atoms with van der Waals surface area (Å²) in [7, 11) is 0. The van der Waals surface area contributed by atoms with Gasteiger partial charge in [-0.3, -0.25) is 9.59 Å². The number of thioether (sulfide) groups is 1. The molecule has 0 aromatic carbocycles. The van der Waals surface area contributed by atoms with Crippen LogP contribution in [0.25, 0.3) is 0 Å². The second kappa shape index (κ2) is 6.58. The molecule has 0 spiro atoms. The molecule has 0 bridgehead atoms. The Morgan fingerprint density at radius 2 is 2.09 bits per heavy atom. The van der Waals surface area contributed by atoms with Crippen LogP contribution in [0.1, 0.15) is 56.0 Å². The van der Waals surface area contributed by atoms with Crippen LogP contribution in [0.5, 0.6) is 0 Å². The summed E-state index contributed by atoms with van der Waals surface area (Å²) < 4.78 is 0. The fourth-order valence-corrected chi connectivity index (χ4v) is 4.17. The molecule has 2 heterocycles. The van der Waals surface area contributed by atoms with Crippen molar-refractivity contribution in [3.8, 4) is 0 Å². The van der Waals surface area contributed by atoms with Crippen LogP contribution in [-0.4, -0.2) is 44.9 Å². The van der Waals surface area contributed by atoms with Crippen molar-refractivity contribution in [3.63, 3.8) is 0 Å². The molecule has 1 aromatic rings. The van der Waals surface area contributed by atoms with Gasteiger partial charge in [0.1, 0.15) is 6.04 Å². The second-order valence-corrected chi connectivity index (χ2v) is 8.62. The normalized spacial score (nSPS) is 18.8. The van der Waals surface area contributed by atoms with E-state index in [0.717, 1.165) is 5.69 Å². The Labute approximate surface area is 139 Å². The number of hydrogen-bond donors (Lipinski definition) is 1. The third-order valence-corrected chi connectivity index (χ3v) is 5.10. The Kier molecular flexibility index (Phi) is 5.17. The number of carbonyl (C=O) groups is 2. The first-order chi connectivity index (χ1) is 10.2. The third-order valence-electron chi connectivity index (χ3n) is 3.24. The zero-order chi connectivity index (χ0) is 16.5. The molecule has 0 unspecified atom stereocenters. The van der Waals surface area contributed by atoms with E-state index in [2.05, 4.69) is 24.1 Å². The van der Waals surface area contributed by atoms with E-state index >= 15 is 0 Å². The molecule has 2 amide bonds. The molecule has 5 nitrogen and oxygen atoms in total. The van der Waals surface area contributed by atoms with Crippen molar-refractivity contribution in [3.05, 3.63) is 16.1 Å². The van der Waals surface area contributed by atoms with Crippen molar-refractivity contribution in [2.45, 2.75) is 52.1 Å². The number of nitrogens with zero attached hydrogens (tertiary/aromatic N) is 2. The zero-order valence-electron chi connectivity index (χ0n) is 13.7. The van der Waals surface area contributed by atoms with Gasteiger partial charge < -0.3 is 10.2 Å². The van der Waals surface area contributed by atoms with Crippen LogP contribution in [0.15, 0.2) is 5.38 Å². The summed E-state index contributed by atoms with van der Waals surface area (Å²) >= 11 is 2.96. The van der Waals surface area contributed by atoms with Crippen LogP contribution in [0.3, 0.4) is 0 Å². The van der Waals surface area contributed by atoms with Gasteiger partial charge in [-0.05, 0) is 26.7 Å². The first kappa shape index (κ1) is 17.3. The van der Waals surface area contributed by atoms with E-state index in [1.54, 1.807) is 16.7 Å². The number of rotatable bonds is 3. The van der Waals surface area contributed by atoms with Gasteiger partial charge in [-0.15, -0.1) is 23.1 Å². The van der Waals surface area contributed by atoms with Crippen LogP contribution in [0, 0.1) is 0 Å². The summed E-state index contributed by atoms with van der Waals surface area (Å²) in [6.07, 6.45) is 0. The minimum Gasteiger partial charge on any atom is -0.350 e. The van der Waals surface area contributed by atoms with Gasteiger partial charge in [0.25, 0.3) is 5.91 Å². The summed E-state index contributed by atoms with van der Waals surface area (Å²) in [5, 5.41) is 5.35. The van der Waals surface area contributed by atoms with E-state index in [9.17, 15) is 9.59 Å². The highest BCUT2D eigenvalue weighted by atomic mass is 32.2. The van der Waals surface area contributed by atoms with Gasteiger partial charge in [-0.2, -0.15) is 0 Å². The Morgan fingerprint density at radius 1 is 1.41 bits per heavy atom. The average molecular weight is 342 g/mol. The summed E-state index contributed by atoms with van der Waals surface area (Å²) in [5.41, 5.74) is 0.626. The maximum Gasteiger partial charge on any atom is 0.284 e. The molecule has 1 aliphatic heterocycles. The number of hydrogen-bond acceptors (Lipinski definition) is 5. The number of carbonyl (C=O) groups excluding carboxylic acids is 2. The fourth-order valence-electron chi connectivity index (χ4n) is 2.09. The van der Waals surface area contributed by atoms with Crippen LogP contribution < -0.4 is 5.32 Å². The maximum absolute atomic E-state index is 12.6. The molecule has 0 saturated carbocycles. The molecule has 0 radical (unpaired) electrons. The lowest BCUT2D eigenvalue weighted by Crippen LogP contribution is -2.52. The summed E-state index contributed by atoms with van der Waals surface area (Å²) in [4.78, 5) is 31.1. The van der Waals surface area contributed by atoms with Crippen LogP contribution in [0.4, 0.5) is 0 Å². The van der Waals surface area contributed by atoms with Crippen molar-refractivity contribution >= 4 is 34.9 Å². The van der Waals surface area contributed by atoms with E-state index < -0.39 is 6.04 Å². The first-order valence-corrected chi connectivity index (χ1v) is 9.38. The Balaban J connectivity index is 2.12. The van der Waals surface area contributed by atoms with E-state index in [-0.39, 0.29) is 17.4 Å². The largest absolute Gasteiger partial charge is 0.350 e. The van der Waals surface area contributed by atoms with Crippen molar-refractivity contribution < 1.29 is 9.59 Å². The second-order valence-electron chi connectivity index (χ2n) is 6.76. The highest BCUT2D eigenvalue weighted by molar-refractivity contribution is 7.99. The SMILES string of the molecule is CC(C)c1csc(C(=O)N2CSC[C@H]2C(=O)NC(C)(C)C)n1. The monoisotopic (exact) mass is 341 g/mol. The number of aromatic nitrogens is 1. The summed E-state index contributed by atoms with van der Waals surface area (Å²) in [5.74, 6) is 1.24. The average Bonchev–Trinajstić information content (AvgIpc) is 3.05. The fraction of sp³-hybridized carbons (Fsp3) is 0.667. The van der Waals surface area contributed by atoms with Gasteiger partial charge in [0.15, 0.2) is 5.01 Å². The zero-order valence-corrected chi connectivity index (χ0v) is 15.3. The van der Waals surface area contributed by atoms with Gasteiger partial charge in [0.05, 0.1) is 11.6 Å². The molecule has 22 heavy (non-hydrogen) atoms. The molecule has 1 N–H and O–H groups in total. The smallest absolute Gasteiger partial charge is 0.284 e. The molecule has 2 rings (SSSR count). The van der Waals surface area contributed by atoms with E-state index in [1.807, 2.05) is 26.2 Å². The van der Waals surface area contributed by atoms with Crippen LogP contribution in [-0.2, 0) is 4.79 Å². The van der Waals surface area contributed by atoms with Crippen molar-refractivity contribution in [1.82, 2.24) is 15.2 Å². The van der Waals surface area contributed by atoms with Crippen LogP contribution in [0.2, 0.25) is 0 Å². The van der Waals surface area contributed by atoms with E-state index in [1.165, 1.54) is 11.3 Å². The number of nitrogens with one attached hydrogen (secondary N) is 1. The van der Waals surface area contributed by atoms with Crippen LogP contribution >= 0.6 is 23.1 Å². The predicted molar refractivity (Wildman–Crippen MR) is 91.4 cm³/mol. The molecule has 1 fully saturated rings. The lowest BCUT2D eigenvalue weighted by Gasteiger charge is -2.27. The minimum atomic E-state index is -0.414. The highest BCUT2D eigenvalue weighted by Gasteiger charge is 2.37. The molecule has 122 valence electrons. The maximum atomic E-state index is 12.6. The lowest BCUT2D eigenvalue weighted by molar-refractivity contribution is -0.125. The summed E-state index contributed by atoms with van der Waals surface area (Å²) in [6.45, 7) is 9.92. The minimum absolute atomic E-state index is 0.0912. The van der Waals surface area contributed by atoms with Crippen molar-refractivity contribution in [2.24, 2.45) is 0 Å². The van der Waals surface area contributed by atoms with Crippen molar-refractivity contribution in [1.29, 1.82) is 0 Å². The van der Waals surface area contributed by atoms with Gasteiger partial charge in [-0.1, -0.05) is 13.8 Å². The number of amides is 2. The first-order valence-electron chi connectivity index (χ1n) is 7.35. The number of thiazole rings is 1. The molecular formula is C15H23N3O2S2. The Hall–Kier alpha value is -1.08. The van der Waals surface area contributed by atoms with Gasteiger partial charge >= 0.3 is 0 Å². The Bertz CT molecular complexity index is 563. The predicted octanol–water partition coefficient (Wildman–Crippen LogP) is 2.70. The molecular weight excluding hydrogens is 318 g/mol. The molecule has 1 aromatic heterocycles. The lowest BCUT2D eigenvalue weighted by atomic mass is 10.1. The highest BCUT2D eigenvalue weighted by Crippen LogP contribution is 2.26. The third kappa shape index (κ3) is 4.01. The molecule has 7 heteroatoms. The molecule has 1 saturated heterocycles. The molecule has 0 aliphatic carbocycles. The van der Waals surface area contributed by atoms with Gasteiger partial charge in [0, 0.05) is 16.7 Å². The Morgan fingerprint density at radius 3 is 2.64 bits per heavy atom. The van der Waals surface area contributed by atoms with Gasteiger partial charge in [0.2, 0.25) is 5.91 Å². The van der Waals surface area contributed by atoms with Gasteiger partial charge in [-0.25, -0.2) is 4.98 Å².